The zero-order valence-corrected chi connectivity index (χ0v) is 11.2. The van der Waals surface area contributed by atoms with E-state index in [1.54, 1.807) is 0 Å². The largest absolute Gasteiger partial charge is 0.442 e. The molecule has 2 aliphatic rings. The van der Waals surface area contributed by atoms with E-state index >= 15 is 0 Å². The highest BCUT2D eigenvalue weighted by atomic mass is 19.4. The first-order valence-corrected chi connectivity index (χ1v) is 6.49. The van der Waals surface area contributed by atoms with E-state index in [-0.39, 0.29) is 29.6 Å². The summed E-state index contributed by atoms with van der Waals surface area (Å²) < 4.78 is 49.3. The summed E-state index contributed by atoms with van der Waals surface area (Å²) in [7, 11) is 0. The van der Waals surface area contributed by atoms with Crippen LogP contribution in [-0.2, 0) is 15.7 Å². The van der Waals surface area contributed by atoms with Crippen molar-refractivity contribution in [2.75, 3.05) is 25.1 Å². The molecule has 0 unspecified atom stereocenters. The van der Waals surface area contributed by atoms with Crippen LogP contribution in [0.3, 0.4) is 0 Å². The molecule has 1 saturated heterocycles. The van der Waals surface area contributed by atoms with Gasteiger partial charge >= 0.3 is 12.3 Å². The molecule has 118 valence electrons. The first-order chi connectivity index (χ1) is 10.4. The standard InChI is InChI=1S/C13H12F3N3O3/c14-13(15,16)9-3-7(11-6-22-12(20)19-18-11)1-2-10(9)17-8-4-21-5-8/h1-3,8,17H,4-6H2,(H,19,20). The lowest BCUT2D eigenvalue weighted by Gasteiger charge is -2.29. The van der Waals surface area contributed by atoms with E-state index in [0.717, 1.165) is 6.07 Å². The molecule has 1 aromatic rings. The lowest BCUT2D eigenvalue weighted by atomic mass is 10.0. The predicted molar refractivity (Wildman–Crippen MR) is 70.7 cm³/mol. The Morgan fingerprint density at radius 3 is 2.64 bits per heavy atom. The summed E-state index contributed by atoms with van der Waals surface area (Å²) in [6, 6.07) is 3.70. The van der Waals surface area contributed by atoms with Crippen molar-refractivity contribution in [3.05, 3.63) is 29.3 Å². The van der Waals surface area contributed by atoms with Crippen LogP contribution in [0.1, 0.15) is 11.1 Å². The van der Waals surface area contributed by atoms with Crippen molar-refractivity contribution in [1.29, 1.82) is 0 Å². The molecule has 0 spiro atoms. The Hall–Kier alpha value is -2.29. The lowest BCUT2D eigenvalue weighted by Crippen LogP contribution is -2.40. The monoisotopic (exact) mass is 315 g/mol. The highest BCUT2D eigenvalue weighted by Crippen LogP contribution is 2.36. The summed E-state index contributed by atoms with van der Waals surface area (Å²) in [6.45, 7) is 0.587. The molecule has 0 aromatic heterocycles. The van der Waals surface area contributed by atoms with Gasteiger partial charge in [0.25, 0.3) is 0 Å². The molecule has 1 amide bonds. The van der Waals surface area contributed by atoms with E-state index in [1.807, 2.05) is 0 Å². The number of anilines is 1. The lowest BCUT2D eigenvalue weighted by molar-refractivity contribution is -0.137. The maximum Gasteiger partial charge on any atom is 0.428 e. The Kier molecular flexibility index (Phi) is 3.65. The summed E-state index contributed by atoms with van der Waals surface area (Å²) in [5.74, 6) is 0. The highest BCUT2D eigenvalue weighted by molar-refractivity contribution is 6.04. The van der Waals surface area contributed by atoms with Gasteiger partial charge in [0.05, 0.1) is 24.8 Å². The summed E-state index contributed by atoms with van der Waals surface area (Å²) in [6.07, 6.45) is -5.24. The molecule has 0 aliphatic carbocycles. The number of carbonyl (C=O) groups is 1. The Morgan fingerprint density at radius 2 is 2.09 bits per heavy atom. The van der Waals surface area contributed by atoms with E-state index in [9.17, 15) is 18.0 Å². The molecule has 0 radical (unpaired) electrons. The second-order valence-corrected chi connectivity index (χ2v) is 4.88. The number of halogens is 3. The molecule has 1 aromatic carbocycles. The summed E-state index contributed by atoms with van der Waals surface area (Å²) in [5.41, 5.74) is 1.73. The average molecular weight is 315 g/mol. The van der Waals surface area contributed by atoms with Crippen LogP contribution >= 0.6 is 0 Å². The van der Waals surface area contributed by atoms with E-state index in [2.05, 4.69) is 15.8 Å². The SMILES string of the molecule is O=C1NN=C(c2ccc(NC3COC3)c(C(F)(F)F)c2)CO1. The van der Waals surface area contributed by atoms with Crippen LogP contribution in [0.2, 0.25) is 0 Å². The maximum atomic E-state index is 13.2. The number of nitrogens with zero attached hydrogens (tertiary/aromatic N) is 1. The van der Waals surface area contributed by atoms with Crippen LogP contribution < -0.4 is 10.7 Å². The smallest absolute Gasteiger partial charge is 0.428 e. The van der Waals surface area contributed by atoms with Crippen molar-refractivity contribution in [2.24, 2.45) is 5.10 Å². The highest BCUT2D eigenvalue weighted by Gasteiger charge is 2.35. The fourth-order valence-corrected chi connectivity index (χ4v) is 2.08. The fourth-order valence-electron chi connectivity index (χ4n) is 2.08. The van der Waals surface area contributed by atoms with Crippen LogP contribution in [0.4, 0.5) is 23.7 Å². The van der Waals surface area contributed by atoms with Gasteiger partial charge in [-0.15, -0.1) is 0 Å². The van der Waals surface area contributed by atoms with E-state index in [1.165, 1.54) is 12.1 Å². The normalized spacial score (nSPS) is 18.9. The van der Waals surface area contributed by atoms with E-state index < -0.39 is 17.8 Å². The molecule has 2 heterocycles. The van der Waals surface area contributed by atoms with Crippen LogP contribution in [0.25, 0.3) is 0 Å². The van der Waals surface area contributed by atoms with Crippen molar-refractivity contribution < 1.29 is 27.4 Å². The van der Waals surface area contributed by atoms with Crippen molar-refractivity contribution >= 4 is 17.5 Å². The summed E-state index contributed by atoms with van der Waals surface area (Å²) in [5, 5.41) is 6.51. The third-order valence-electron chi connectivity index (χ3n) is 3.28. The van der Waals surface area contributed by atoms with Gasteiger partial charge in [0.15, 0.2) is 0 Å². The van der Waals surface area contributed by atoms with Gasteiger partial charge in [-0.25, -0.2) is 10.2 Å². The number of cyclic esters (lactones) is 1. The van der Waals surface area contributed by atoms with E-state index in [0.29, 0.717) is 13.2 Å². The number of rotatable bonds is 3. The molecule has 2 N–H and O–H groups in total. The van der Waals surface area contributed by atoms with Crippen molar-refractivity contribution in [1.82, 2.24) is 5.43 Å². The molecule has 0 bridgehead atoms. The molecule has 0 saturated carbocycles. The van der Waals surface area contributed by atoms with Gasteiger partial charge in [-0.3, -0.25) is 0 Å². The van der Waals surface area contributed by atoms with Crippen LogP contribution in [0, 0.1) is 0 Å². The Balaban J connectivity index is 1.91. The number of amides is 1. The quantitative estimate of drug-likeness (QED) is 0.894. The minimum atomic E-state index is -4.51. The van der Waals surface area contributed by atoms with Gasteiger partial charge < -0.3 is 14.8 Å². The number of alkyl halides is 3. The topological polar surface area (TPSA) is 72.0 Å². The number of nitrogens with one attached hydrogen (secondary N) is 2. The van der Waals surface area contributed by atoms with Gasteiger partial charge in [-0.1, -0.05) is 6.07 Å². The first-order valence-electron chi connectivity index (χ1n) is 6.49. The zero-order chi connectivity index (χ0) is 15.7. The molecule has 9 heteroatoms. The molecule has 1 fully saturated rings. The minimum absolute atomic E-state index is 0.00841. The first kappa shape index (κ1) is 14.6. The molecule has 3 rings (SSSR count). The molecule has 22 heavy (non-hydrogen) atoms. The van der Waals surface area contributed by atoms with Gasteiger partial charge in [0.1, 0.15) is 12.3 Å². The Labute approximate surface area is 123 Å². The molecule has 2 aliphatic heterocycles. The van der Waals surface area contributed by atoms with Crippen LogP contribution in [0.15, 0.2) is 23.3 Å². The third-order valence-corrected chi connectivity index (χ3v) is 3.28. The number of hydrogen-bond donors (Lipinski definition) is 2. The predicted octanol–water partition coefficient (Wildman–Crippen LogP) is 1.96. The van der Waals surface area contributed by atoms with Crippen molar-refractivity contribution in [3.8, 4) is 0 Å². The van der Waals surface area contributed by atoms with Crippen molar-refractivity contribution in [2.45, 2.75) is 12.2 Å². The fraction of sp³-hybridized carbons (Fsp3) is 0.385. The second kappa shape index (κ2) is 5.48. The van der Waals surface area contributed by atoms with Gasteiger partial charge in [0, 0.05) is 11.3 Å². The summed E-state index contributed by atoms with van der Waals surface area (Å²) in [4.78, 5) is 10.8. The van der Waals surface area contributed by atoms with Crippen molar-refractivity contribution in [3.63, 3.8) is 0 Å². The van der Waals surface area contributed by atoms with Gasteiger partial charge in [-0.2, -0.15) is 18.3 Å². The third kappa shape index (κ3) is 2.98. The molecular formula is C13H12F3N3O3. The molecule has 6 nitrogen and oxygen atoms in total. The summed E-state index contributed by atoms with van der Waals surface area (Å²) >= 11 is 0. The number of carbonyl (C=O) groups excluding carboxylic acids is 1. The maximum absolute atomic E-state index is 13.2. The minimum Gasteiger partial charge on any atom is -0.442 e. The van der Waals surface area contributed by atoms with Gasteiger partial charge in [-0.05, 0) is 12.1 Å². The number of benzene rings is 1. The van der Waals surface area contributed by atoms with E-state index in [4.69, 9.17) is 9.47 Å². The molecular weight excluding hydrogens is 303 g/mol. The second-order valence-electron chi connectivity index (χ2n) is 4.88. The zero-order valence-electron chi connectivity index (χ0n) is 11.2. The van der Waals surface area contributed by atoms with Crippen LogP contribution in [-0.4, -0.2) is 37.7 Å². The Morgan fingerprint density at radius 1 is 1.32 bits per heavy atom. The number of hydrazone groups is 1. The number of hydrogen-bond acceptors (Lipinski definition) is 5. The van der Waals surface area contributed by atoms with Crippen LogP contribution in [0.5, 0.6) is 0 Å². The number of ether oxygens (including phenoxy) is 2. The van der Waals surface area contributed by atoms with Gasteiger partial charge in [0.2, 0.25) is 0 Å². The molecule has 0 atom stereocenters. The average Bonchev–Trinajstić information content (AvgIpc) is 2.43. The Bertz CT molecular complexity index is 627.